The molecular formula is C19H17NO4. The van der Waals surface area contributed by atoms with Gasteiger partial charge in [-0.2, -0.15) is 0 Å². The van der Waals surface area contributed by atoms with Crippen LogP contribution in [-0.4, -0.2) is 30.6 Å². The predicted molar refractivity (Wildman–Crippen MR) is 88.2 cm³/mol. The Hall–Kier alpha value is -2.82. The van der Waals surface area contributed by atoms with Crippen molar-refractivity contribution in [3.63, 3.8) is 0 Å². The van der Waals surface area contributed by atoms with Crippen LogP contribution in [0.4, 0.5) is 5.69 Å². The van der Waals surface area contributed by atoms with Gasteiger partial charge in [-0.15, -0.1) is 0 Å². The summed E-state index contributed by atoms with van der Waals surface area (Å²) in [5.41, 5.74) is 2.11. The number of carbonyl (C=O) groups is 2. The molecule has 0 radical (unpaired) electrons. The van der Waals surface area contributed by atoms with Gasteiger partial charge in [0.2, 0.25) is 0 Å². The number of nitrogens with zero attached hydrogens (tertiary/aromatic N) is 1. The van der Waals surface area contributed by atoms with E-state index in [2.05, 4.69) is 0 Å². The van der Waals surface area contributed by atoms with Gasteiger partial charge < -0.3 is 9.47 Å². The largest absolute Gasteiger partial charge is 0.489 e. The Labute approximate surface area is 139 Å². The van der Waals surface area contributed by atoms with Gasteiger partial charge in [-0.1, -0.05) is 30.3 Å². The van der Waals surface area contributed by atoms with Crippen LogP contribution in [0.1, 0.15) is 22.8 Å². The van der Waals surface area contributed by atoms with Gasteiger partial charge in [0.25, 0.3) is 5.91 Å². The number of hydrogen-bond donors (Lipinski definition) is 0. The van der Waals surface area contributed by atoms with Gasteiger partial charge in [-0.3, -0.25) is 9.69 Å². The van der Waals surface area contributed by atoms with Crippen molar-refractivity contribution < 1.29 is 19.1 Å². The minimum atomic E-state index is -0.805. The molecular weight excluding hydrogens is 306 g/mol. The number of benzene rings is 2. The maximum absolute atomic E-state index is 13.1. The molecule has 0 spiro atoms. The van der Waals surface area contributed by atoms with Crippen LogP contribution < -0.4 is 9.64 Å². The van der Waals surface area contributed by atoms with Crippen LogP contribution >= 0.6 is 0 Å². The number of anilines is 1. The zero-order chi connectivity index (χ0) is 16.7. The van der Waals surface area contributed by atoms with Crippen LogP contribution in [0.5, 0.6) is 5.75 Å². The highest BCUT2D eigenvalue weighted by Gasteiger charge is 2.38. The summed E-state index contributed by atoms with van der Waals surface area (Å²) < 4.78 is 11.1. The number of carbonyl (C=O) groups excluding carboxylic acids is 2. The highest BCUT2D eigenvalue weighted by Crippen LogP contribution is 2.35. The summed E-state index contributed by atoms with van der Waals surface area (Å²) in [6, 6.07) is 14.6. The van der Waals surface area contributed by atoms with Crippen molar-refractivity contribution in [1.29, 1.82) is 0 Å². The molecule has 0 aliphatic carbocycles. The van der Waals surface area contributed by atoms with Crippen molar-refractivity contribution >= 4 is 17.6 Å². The minimum Gasteiger partial charge on any atom is -0.489 e. The molecule has 2 aliphatic heterocycles. The maximum atomic E-state index is 13.1. The molecule has 0 fully saturated rings. The van der Waals surface area contributed by atoms with Crippen LogP contribution in [0.15, 0.2) is 48.5 Å². The maximum Gasteiger partial charge on any atom is 0.339 e. The summed E-state index contributed by atoms with van der Waals surface area (Å²) in [7, 11) is 0. The molecule has 2 heterocycles. The molecule has 4 rings (SSSR count). The molecule has 2 aliphatic rings. The van der Waals surface area contributed by atoms with E-state index in [0.29, 0.717) is 24.3 Å². The van der Waals surface area contributed by atoms with E-state index in [9.17, 15) is 9.59 Å². The summed E-state index contributed by atoms with van der Waals surface area (Å²) in [6.45, 7) is 2.34. The van der Waals surface area contributed by atoms with Crippen LogP contribution in [0.3, 0.4) is 0 Å². The summed E-state index contributed by atoms with van der Waals surface area (Å²) in [6.07, 6.45) is -0.409. The highest BCUT2D eigenvalue weighted by molar-refractivity contribution is 6.02. The lowest BCUT2D eigenvalue weighted by Crippen LogP contribution is -2.51. The zero-order valence-electron chi connectivity index (χ0n) is 13.3. The van der Waals surface area contributed by atoms with Gasteiger partial charge >= 0.3 is 5.97 Å². The van der Waals surface area contributed by atoms with Crippen molar-refractivity contribution in [3.05, 3.63) is 59.7 Å². The SMILES string of the molecule is CC1COc2ccccc2N1C(=O)C1Cc2ccccc2C(=O)O1. The fourth-order valence-electron chi connectivity index (χ4n) is 3.26. The Morgan fingerprint density at radius 3 is 2.75 bits per heavy atom. The van der Waals surface area contributed by atoms with E-state index >= 15 is 0 Å². The van der Waals surface area contributed by atoms with Gasteiger partial charge in [0.15, 0.2) is 6.10 Å². The van der Waals surface area contributed by atoms with Crippen molar-refractivity contribution in [2.45, 2.75) is 25.5 Å². The van der Waals surface area contributed by atoms with Gasteiger partial charge in [-0.25, -0.2) is 4.79 Å². The second kappa shape index (κ2) is 5.67. The third kappa shape index (κ3) is 2.33. The summed E-state index contributed by atoms with van der Waals surface area (Å²) in [4.78, 5) is 27.0. The van der Waals surface area contributed by atoms with E-state index in [4.69, 9.17) is 9.47 Å². The Morgan fingerprint density at radius 2 is 1.88 bits per heavy atom. The van der Waals surface area contributed by atoms with Crippen LogP contribution in [0, 0.1) is 0 Å². The number of hydrogen-bond acceptors (Lipinski definition) is 4. The first-order valence-electron chi connectivity index (χ1n) is 7.99. The Kier molecular flexibility index (Phi) is 3.49. The number of esters is 1. The summed E-state index contributed by atoms with van der Waals surface area (Å²) in [5, 5.41) is 0. The third-order valence-electron chi connectivity index (χ3n) is 4.45. The Morgan fingerprint density at radius 1 is 1.12 bits per heavy atom. The third-order valence-corrected chi connectivity index (χ3v) is 4.45. The van der Waals surface area contributed by atoms with Gasteiger partial charge in [-0.05, 0) is 30.7 Å². The van der Waals surface area contributed by atoms with Crippen molar-refractivity contribution in [1.82, 2.24) is 0 Å². The number of cyclic esters (lactones) is 1. The highest BCUT2D eigenvalue weighted by atomic mass is 16.5. The molecule has 2 unspecified atom stereocenters. The first-order valence-corrected chi connectivity index (χ1v) is 7.99. The lowest BCUT2D eigenvalue weighted by Gasteiger charge is -2.37. The van der Waals surface area contributed by atoms with E-state index in [-0.39, 0.29) is 11.9 Å². The fourth-order valence-corrected chi connectivity index (χ4v) is 3.26. The van der Waals surface area contributed by atoms with Crippen LogP contribution in [0.25, 0.3) is 0 Å². The molecule has 5 nitrogen and oxygen atoms in total. The number of ether oxygens (including phenoxy) is 2. The quantitative estimate of drug-likeness (QED) is 0.757. The number of fused-ring (bicyclic) bond motifs is 2. The standard InChI is InChI=1S/C19H17NO4/c1-12-11-23-16-9-5-4-8-15(16)20(12)18(21)17-10-13-6-2-3-7-14(13)19(22)24-17/h2-9,12,17H,10-11H2,1H3. The smallest absolute Gasteiger partial charge is 0.339 e. The zero-order valence-corrected chi connectivity index (χ0v) is 13.3. The molecule has 0 saturated carbocycles. The lowest BCUT2D eigenvalue weighted by molar-refractivity contribution is -0.128. The van der Waals surface area contributed by atoms with E-state index in [1.807, 2.05) is 43.3 Å². The molecule has 2 aromatic carbocycles. The normalized spacial score (nSPS) is 22.0. The molecule has 0 saturated heterocycles. The first-order chi connectivity index (χ1) is 11.6. The van der Waals surface area contributed by atoms with Crippen molar-refractivity contribution in [3.8, 4) is 5.75 Å². The summed E-state index contributed by atoms with van der Waals surface area (Å²) in [5.74, 6) is 0.0250. The minimum absolute atomic E-state index is 0.122. The number of para-hydroxylation sites is 2. The summed E-state index contributed by atoms with van der Waals surface area (Å²) >= 11 is 0. The number of rotatable bonds is 1. The van der Waals surface area contributed by atoms with Crippen molar-refractivity contribution in [2.75, 3.05) is 11.5 Å². The average Bonchev–Trinajstić information content (AvgIpc) is 2.61. The Balaban J connectivity index is 1.66. The monoisotopic (exact) mass is 323 g/mol. The molecule has 2 atom stereocenters. The molecule has 2 aromatic rings. The second-order valence-electron chi connectivity index (χ2n) is 6.09. The number of amides is 1. The van der Waals surface area contributed by atoms with Crippen LogP contribution in [0.2, 0.25) is 0 Å². The van der Waals surface area contributed by atoms with Gasteiger partial charge in [0.1, 0.15) is 12.4 Å². The van der Waals surface area contributed by atoms with E-state index < -0.39 is 12.1 Å². The Bertz CT molecular complexity index is 817. The first kappa shape index (κ1) is 14.8. The predicted octanol–water partition coefficient (Wildman–Crippen LogP) is 2.58. The lowest BCUT2D eigenvalue weighted by atomic mass is 9.97. The molecule has 0 bridgehead atoms. The molecule has 1 amide bonds. The van der Waals surface area contributed by atoms with E-state index in [0.717, 1.165) is 11.3 Å². The fraction of sp³-hybridized carbons (Fsp3) is 0.263. The topological polar surface area (TPSA) is 55.8 Å². The molecule has 0 aromatic heterocycles. The molecule has 0 N–H and O–H groups in total. The van der Waals surface area contributed by atoms with Gasteiger partial charge in [0.05, 0.1) is 17.3 Å². The van der Waals surface area contributed by atoms with E-state index in [1.54, 1.807) is 17.0 Å². The van der Waals surface area contributed by atoms with Crippen molar-refractivity contribution in [2.24, 2.45) is 0 Å². The van der Waals surface area contributed by atoms with E-state index in [1.165, 1.54) is 0 Å². The second-order valence-corrected chi connectivity index (χ2v) is 6.09. The molecule has 122 valence electrons. The molecule has 24 heavy (non-hydrogen) atoms. The molecule has 5 heteroatoms. The van der Waals surface area contributed by atoms with Crippen LogP contribution in [-0.2, 0) is 16.0 Å². The average molecular weight is 323 g/mol. The van der Waals surface area contributed by atoms with Gasteiger partial charge in [0, 0.05) is 6.42 Å².